The van der Waals surface area contributed by atoms with Gasteiger partial charge in [-0.15, -0.1) is 11.6 Å². The summed E-state index contributed by atoms with van der Waals surface area (Å²) >= 11 is 4.64. The lowest BCUT2D eigenvalue weighted by Crippen LogP contribution is -1.96. The van der Waals surface area contributed by atoms with Crippen LogP contribution < -0.4 is 0 Å². The van der Waals surface area contributed by atoms with Crippen molar-refractivity contribution in [3.05, 3.63) is 36.5 Å². The molecular formula is C9H13ClO2. The number of rotatable bonds is 3. The van der Waals surface area contributed by atoms with Gasteiger partial charge in [0.25, 0.3) is 0 Å². The molecule has 2 nitrogen and oxygen atoms in total. The third kappa shape index (κ3) is 7.09. The number of halogens is 1. The first-order chi connectivity index (χ1) is 5.72. The van der Waals surface area contributed by atoms with Gasteiger partial charge < -0.3 is 5.11 Å². The number of carbonyl (C=O) groups is 1. The summed E-state index contributed by atoms with van der Waals surface area (Å²) in [5.74, 6) is -0.932. The molecule has 0 spiro atoms. The van der Waals surface area contributed by atoms with Gasteiger partial charge in [0.1, 0.15) is 0 Å². The Balaban J connectivity index is 0. The number of carboxylic acid groups (broad SMARTS) is 1. The number of allylic oxidation sites excluding steroid dienone is 3. The second-order valence-electron chi connectivity index (χ2n) is 1.66. The van der Waals surface area contributed by atoms with E-state index in [1.54, 1.807) is 13.0 Å². The molecule has 0 unspecified atom stereocenters. The van der Waals surface area contributed by atoms with Crippen LogP contribution in [-0.4, -0.2) is 17.5 Å². The van der Waals surface area contributed by atoms with Gasteiger partial charge in [0.05, 0.1) is 5.57 Å². The van der Waals surface area contributed by atoms with Crippen LogP contribution in [0.15, 0.2) is 36.5 Å². The van der Waals surface area contributed by atoms with Gasteiger partial charge >= 0.3 is 5.97 Å². The molecule has 0 heterocycles. The van der Waals surface area contributed by atoms with Gasteiger partial charge in [-0.25, -0.2) is 4.79 Å². The van der Waals surface area contributed by atoms with Crippen LogP contribution in [0.2, 0.25) is 0 Å². The summed E-state index contributed by atoms with van der Waals surface area (Å²) in [7, 11) is 0. The normalized spacial score (nSPS) is 10.4. The second-order valence-corrected chi connectivity index (χ2v) is 1.66. The Bertz CT molecular complexity index is 193. The molecule has 1 N–H and O–H groups in total. The summed E-state index contributed by atoms with van der Waals surface area (Å²) < 4.78 is 0. The van der Waals surface area contributed by atoms with Gasteiger partial charge in [-0.05, 0) is 13.0 Å². The van der Waals surface area contributed by atoms with Crippen LogP contribution in [0.4, 0.5) is 0 Å². The molecule has 0 aromatic rings. The Morgan fingerprint density at radius 2 is 2.00 bits per heavy atom. The van der Waals surface area contributed by atoms with E-state index in [-0.39, 0.29) is 5.57 Å². The van der Waals surface area contributed by atoms with E-state index in [0.29, 0.717) is 0 Å². The number of hydrogen-bond acceptors (Lipinski definition) is 1. The van der Waals surface area contributed by atoms with Gasteiger partial charge in [0.15, 0.2) is 0 Å². The fourth-order valence-corrected chi connectivity index (χ4v) is 0.505. The molecule has 0 saturated carbocycles. The van der Waals surface area contributed by atoms with Gasteiger partial charge in [0, 0.05) is 6.38 Å². The smallest absolute Gasteiger partial charge is 0.335 e. The monoisotopic (exact) mass is 188 g/mol. The number of aliphatic carboxylic acids is 1. The minimum atomic E-state index is -0.932. The zero-order valence-electron chi connectivity index (χ0n) is 7.25. The largest absolute Gasteiger partial charge is 0.478 e. The third-order valence-corrected chi connectivity index (χ3v) is 0.891. The first-order valence-electron chi connectivity index (χ1n) is 3.29. The Kier molecular flexibility index (Phi) is 11.3. The standard InChI is InChI=1S/C8H10O2.CH3Cl/c1-3-5-7(6-4-2)8(9)10;1-2/h3-6H,1H2,2H3,(H,9,10);1H3/b6-4-,7-5+;. The molecule has 0 aromatic carbocycles. The van der Waals surface area contributed by atoms with E-state index in [2.05, 4.69) is 18.2 Å². The summed E-state index contributed by atoms with van der Waals surface area (Å²) in [4.78, 5) is 10.3. The molecule has 68 valence electrons. The van der Waals surface area contributed by atoms with Crippen LogP contribution in [0.5, 0.6) is 0 Å². The minimum Gasteiger partial charge on any atom is -0.478 e. The predicted octanol–water partition coefficient (Wildman–Crippen LogP) is 2.61. The fourth-order valence-electron chi connectivity index (χ4n) is 0.505. The van der Waals surface area contributed by atoms with E-state index in [0.717, 1.165) is 0 Å². The topological polar surface area (TPSA) is 37.3 Å². The number of carboxylic acids is 1. The fraction of sp³-hybridized carbons (Fsp3) is 0.222. The van der Waals surface area contributed by atoms with Crippen molar-refractivity contribution in [2.45, 2.75) is 6.92 Å². The van der Waals surface area contributed by atoms with Gasteiger partial charge in [-0.3, -0.25) is 0 Å². The van der Waals surface area contributed by atoms with Gasteiger partial charge in [0.2, 0.25) is 0 Å². The van der Waals surface area contributed by atoms with Crippen molar-refractivity contribution in [1.82, 2.24) is 0 Å². The van der Waals surface area contributed by atoms with E-state index < -0.39 is 5.97 Å². The lowest BCUT2D eigenvalue weighted by Gasteiger charge is -1.89. The van der Waals surface area contributed by atoms with E-state index in [4.69, 9.17) is 5.11 Å². The Hall–Kier alpha value is -1.02. The van der Waals surface area contributed by atoms with Gasteiger partial charge in [-0.1, -0.05) is 24.8 Å². The number of hydrogen-bond donors (Lipinski definition) is 1. The van der Waals surface area contributed by atoms with Crippen LogP contribution in [0.3, 0.4) is 0 Å². The quantitative estimate of drug-likeness (QED) is 0.420. The lowest BCUT2D eigenvalue weighted by molar-refractivity contribution is -0.132. The first kappa shape index (κ1) is 13.6. The summed E-state index contributed by atoms with van der Waals surface area (Å²) in [6, 6.07) is 0. The van der Waals surface area contributed by atoms with Crippen molar-refractivity contribution >= 4 is 17.6 Å². The summed E-state index contributed by atoms with van der Waals surface area (Å²) in [6.45, 7) is 5.16. The maximum absolute atomic E-state index is 10.3. The molecule has 0 aliphatic rings. The molecule has 0 aliphatic carbocycles. The van der Waals surface area contributed by atoms with Crippen molar-refractivity contribution in [3.8, 4) is 0 Å². The second kappa shape index (κ2) is 9.98. The average molecular weight is 189 g/mol. The average Bonchev–Trinajstić information content (AvgIpc) is 2.08. The Morgan fingerprint density at radius 1 is 1.50 bits per heavy atom. The zero-order valence-corrected chi connectivity index (χ0v) is 8.01. The summed E-state index contributed by atoms with van der Waals surface area (Å²) in [5.41, 5.74) is 0.248. The molecule has 0 atom stereocenters. The highest BCUT2D eigenvalue weighted by molar-refractivity contribution is 6.15. The van der Waals surface area contributed by atoms with Crippen LogP contribution in [0, 0.1) is 0 Å². The Morgan fingerprint density at radius 3 is 2.25 bits per heavy atom. The molecule has 0 fully saturated rings. The van der Waals surface area contributed by atoms with E-state index in [1.165, 1.54) is 24.6 Å². The van der Waals surface area contributed by atoms with Crippen molar-refractivity contribution in [3.63, 3.8) is 0 Å². The lowest BCUT2D eigenvalue weighted by atomic mass is 10.2. The maximum atomic E-state index is 10.3. The summed E-state index contributed by atoms with van der Waals surface area (Å²) in [5, 5.41) is 8.47. The molecule has 0 saturated heterocycles. The Labute approximate surface area is 77.9 Å². The zero-order chi connectivity index (χ0) is 9.98. The van der Waals surface area contributed by atoms with E-state index in [1.807, 2.05) is 0 Å². The van der Waals surface area contributed by atoms with Crippen LogP contribution in [0.1, 0.15) is 6.92 Å². The highest BCUT2D eigenvalue weighted by atomic mass is 35.5. The van der Waals surface area contributed by atoms with Crippen LogP contribution in [0.25, 0.3) is 0 Å². The van der Waals surface area contributed by atoms with Crippen molar-refractivity contribution < 1.29 is 9.90 Å². The molecule has 12 heavy (non-hydrogen) atoms. The van der Waals surface area contributed by atoms with Crippen LogP contribution >= 0.6 is 11.6 Å². The molecule has 0 radical (unpaired) electrons. The molecule has 0 bridgehead atoms. The SMILES string of the molecule is C=C/C=C(\C=C/C)C(=O)O.CCl. The number of alkyl halides is 1. The molecule has 0 rings (SSSR count). The molecular weight excluding hydrogens is 176 g/mol. The van der Waals surface area contributed by atoms with Crippen molar-refractivity contribution in [2.24, 2.45) is 0 Å². The molecule has 0 amide bonds. The highest BCUT2D eigenvalue weighted by Crippen LogP contribution is 1.96. The minimum absolute atomic E-state index is 0.248. The highest BCUT2D eigenvalue weighted by Gasteiger charge is 1.98. The first-order valence-corrected chi connectivity index (χ1v) is 4.04. The van der Waals surface area contributed by atoms with E-state index in [9.17, 15) is 4.79 Å². The third-order valence-electron chi connectivity index (χ3n) is 0.891. The van der Waals surface area contributed by atoms with Crippen molar-refractivity contribution in [1.29, 1.82) is 0 Å². The predicted molar refractivity (Wildman–Crippen MR) is 52.5 cm³/mol. The van der Waals surface area contributed by atoms with E-state index >= 15 is 0 Å². The van der Waals surface area contributed by atoms with Crippen molar-refractivity contribution in [2.75, 3.05) is 6.38 Å². The maximum Gasteiger partial charge on any atom is 0.335 e. The molecule has 0 aromatic heterocycles. The van der Waals surface area contributed by atoms with Crippen LogP contribution in [-0.2, 0) is 4.79 Å². The molecule has 0 aliphatic heterocycles. The van der Waals surface area contributed by atoms with Gasteiger partial charge in [-0.2, -0.15) is 0 Å². The molecule has 3 heteroatoms. The summed E-state index contributed by atoms with van der Waals surface area (Å²) in [6.07, 6.45) is 7.55.